The van der Waals surface area contributed by atoms with Crippen LogP contribution in [-0.2, 0) is 16.1 Å². The fourth-order valence-corrected chi connectivity index (χ4v) is 4.65. The first kappa shape index (κ1) is 31.6. The van der Waals surface area contributed by atoms with Crippen LogP contribution in [0.2, 0.25) is 5.02 Å². The van der Waals surface area contributed by atoms with Gasteiger partial charge in [-0.15, -0.1) is 0 Å². The summed E-state index contributed by atoms with van der Waals surface area (Å²) in [4.78, 5) is 29.2. The topological polar surface area (TPSA) is 119 Å². The Bertz CT molecular complexity index is 1660. The zero-order chi connectivity index (χ0) is 31.5. The first-order valence-corrected chi connectivity index (χ1v) is 13.8. The van der Waals surface area contributed by atoms with Gasteiger partial charge in [-0.25, -0.2) is 23.2 Å². The van der Waals surface area contributed by atoms with Crippen LogP contribution in [0.3, 0.4) is 0 Å². The van der Waals surface area contributed by atoms with Gasteiger partial charge in [-0.2, -0.15) is 10.2 Å². The van der Waals surface area contributed by atoms with E-state index in [2.05, 4.69) is 15.4 Å². The van der Waals surface area contributed by atoms with E-state index in [0.717, 1.165) is 12.3 Å². The van der Waals surface area contributed by atoms with Crippen molar-refractivity contribution in [3.63, 3.8) is 0 Å². The molecule has 2 heterocycles. The van der Waals surface area contributed by atoms with E-state index in [1.165, 1.54) is 16.9 Å². The van der Waals surface area contributed by atoms with E-state index in [9.17, 15) is 23.6 Å². The number of hydrogen-bond acceptors (Lipinski definition) is 7. The molecule has 2 N–H and O–H groups in total. The number of para-hydroxylation sites is 1. The van der Waals surface area contributed by atoms with Crippen LogP contribution in [-0.4, -0.2) is 49.2 Å². The predicted molar refractivity (Wildman–Crippen MR) is 155 cm³/mol. The van der Waals surface area contributed by atoms with Gasteiger partial charge in [0.25, 0.3) is 0 Å². The minimum atomic E-state index is -0.980. The Labute approximate surface area is 252 Å². The molecule has 43 heavy (non-hydrogen) atoms. The number of carbonyl (C=O) groups is 2. The van der Waals surface area contributed by atoms with Crippen molar-refractivity contribution in [2.24, 2.45) is 0 Å². The van der Waals surface area contributed by atoms with Gasteiger partial charge in [-0.1, -0.05) is 23.7 Å². The first-order chi connectivity index (χ1) is 20.2. The third kappa shape index (κ3) is 7.96. The number of aromatic nitrogens is 3. The van der Waals surface area contributed by atoms with Gasteiger partial charge in [0, 0.05) is 23.1 Å². The minimum absolute atomic E-state index is 0.0851. The minimum Gasteiger partial charge on any atom is -0.487 e. The molecule has 4 rings (SSSR count). The molecular weight excluding hydrogens is 584 g/mol. The lowest BCUT2D eigenvalue weighted by Gasteiger charge is -2.23. The molecule has 0 saturated heterocycles. The Morgan fingerprint density at radius 3 is 2.60 bits per heavy atom. The van der Waals surface area contributed by atoms with Crippen molar-refractivity contribution in [2.45, 2.75) is 59.3 Å². The summed E-state index contributed by atoms with van der Waals surface area (Å²) in [7, 11) is 0. The summed E-state index contributed by atoms with van der Waals surface area (Å²) in [5.41, 5.74) is 1.77. The molecule has 0 spiro atoms. The second-order valence-electron chi connectivity index (χ2n) is 10.9. The van der Waals surface area contributed by atoms with E-state index >= 15 is 0 Å². The third-order valence-corrected chi connectivity index (χ3v) is 6.61. The van der Waals surface area contributed by atoms with Crippen LogP contribution >= 0.6 is 11.6 Å². The summed E-state index contributed by atoms with van der Waals surface area (Å²) >= 11 is 6.44. The molecule has 0 saturated carbocycles. The van der Waals surface area contributed by atoms with Crippen molar-refractivity contribution in [1.29, 1.82) is 0 Å². The molecule has 0 aliphatic carbocycles. The number of nitrogens with one attached hydrogen (secondary N) is 1. The number of aryl methyl sites for hydroxylation is 1. The zero-order valence-electron chi connectivity index (χ0n) is 24.3. The van der Waals surface area contributed by atoms with Gasteiger partial charge in [0.15, 0.2) is 5.82 Å². The van der Waals surface area contributed by atoms with E-state index in [1.54, 1.807) is 52.8 Å². The maximum absolute atomic E-state index is 14.4. The summed E-state index contributed by atoms with van der Waals surface area (Å²) in [5, 5.41) is 17.8. The lowest BCUT2D eigenvalue weighted by atomic mass is 10.0. The molecular formula is C30H32ClF2N5O5. The summed E-state index contributed by atoms with van der Waals surface area (Å²) in [6.45, 7) is 8.00. The molecule has 228 valence electrons. The van der Waals surface area contributed by atoms with E-state index in [-0.39, 0.29) is 24.6 Å². The predicted octanol–water partition coefficient (Wildman–Crippen LogP) is 6.43. The highest BCUT2D eigenvalue weighted by molar-refractivity contribution is 6.31. The molecule has 2 aromatic heterocycles. The van der Waals surface area contributed by atoms with Crippen molar-refractivity contribution in [3.8, 4) is 11.4 Å². The number of carbonyl (C=O) groups excluding carboxylic acids is 2. The van der Waals surface area contributed by atoms with Crippen LogP contribution in [0.4, 0.5) is 13.6 Å². The number of hydroxylamine groups is 2. The molecule has 13 heteroatoms. The molecule has 2 aromatic carbocycles. The maximum Gasteiger partial charge on any atom is 0.434 e. The second-order valence-corrected chi connectivity index (χ2v) is 11.3. The van der Waals surface area contributed by atoms with Crippen molar-refractivity contribution in [1.82, 2.24) is 25.1 Å². The average molecular weight is 616 g/mol. The third-order valence-electron chi connectivity index (χ3n) is 6.27. The quantitative estimate of drug-likeness (QED) is 0.164. The molecule has 2 amide bonds. The number of rotatable bonds is 9. The lowest BCUT2D eigenvalue weighted by molar-refractivity contribution is -0.126. The molecule has 10 nitrogen and oxygen atoms in total. The number of ether oxygens (including phenoxy) is 2. The Balaban J connectivity index is 1.52. The normalized spacial score (nSPS) is 12.2. The van der Waals surface area contributed by atoms with Gasteiger partial charge in [-0.05, 0) is 64.4 Å². The Kier molecular flexibility index (Phi) is 9.51. The van der Waals surface area contributed by atoms with E-state index in [0.29, 0.717) is 44.2 Å². The van der Waals surface area contributed by atoms with Gasteiger partial charge < -0.3 is 14.8 Å². The SMILES string of the molecule is Cc1cc(-n2cc(F)cn2)c2cccc(OCc3c(Cl)cc(F)cc3[C@H](C)NC(=O)CCN(O)C(=O)OC(C)(C)C)c2n1. The average Bonchev–Trinajstić information content (AvgIpc) is 3.35. The van der Waals surface area contributed by atoms with Crippen LogP contribution in [0.5, 0.6) is 5.75 Å². The summed E-state index contributed by atoms with van der Waals surface area (Å²) < 4.78 is 40.7. The monoisotopic (exact) mass is 615 g/mol. The largest absolute Gasteiger partial charge is 0.487 e. The molecule has 1 atom stereocenters. The van der Waals surface area contributed by atoms with Crippen molar-refractivity contribution in [3.05, 3.63) is 82.3 Å². The lowest BCUT2D eigenvalue weighted by Crippen LogP contribution is -2.37. The highest BCUT2D eigenvalue weighted by Crippen LogP contribution is 2.32. The maximum atomic E-state index is 14.4. The molecule has 0 fully saturated rings. The van der Waals surface area contributed by atoms with Gasteiger partial charge >= 0.3 is 6.09 Å². The van der Waals surface area contributed by atoms with Crippen LogP contribution in [0, 0.1) is 18.6 Å². The van der Waals surface area contributed by atoms with E-state index in [1.807, 2.05) is 6.07 Å². The highest BCUT2D eigenvalue weighted by atomic mass is 35.5. The van der Waals surface area contributed by atoms with Crippen LogP contribution in [0.25, 0.3) is 16.6 Å². The molecule has 0 radical (unpaired) electrons. The molecule has 0 aliphatic heterocycles. The fourth-order valence-electron chi connectivity index (χ4n) is 4.38. The molecule has 0 aliphatic rings. The standard InChI is InChI=1S/C30H32ClF2N5O5/c1-17-11-25(37-15-20(33)14-34-37)21-7-6-8-26(28(21)35-17)42-16-23-22(12-19(32)13-24(23)31)18(2)36-27(39)9-10-38(41)29(40)43-30(3,4)5/h6-8,11-15,18,41H,9-10,16H2,1-5H3,(H,36,39)/t18-/m0/s1. The Morgan fingerprint density at radius 1 is 1.19 bits per heavy atom. The number of benzene rings is 2. The fraction of sp³-hybridized carbons (Fsp3) is 0.333. The number of nitrogens with zero attached hydrogens (tertiary/aromatic N) is 4. The second kappa shape index (κ2) is 12.9. The number of hydrogen-bond donors (Lipinski definition) is 2. The zero-order valence-corrected chi connectivity index (χ0v) is 25.1. The summed E-state index contributed by atoms with van der Waals surface area (Å²) in [6.07, 6.45) is 1.16. The smallest absolute Gasteiger partial charge is 0.434 e. The Hall–Kier alpha value is -4.29. The molecule has 4 aromatic rings. The first-order valence-electron chi connectivity index (χ1n) is 13.4. The summed E-state index contributed by atoms with van der Waals surface area (Å²) in [5.74, 6) is -1.18. The van der Waals surface area contributed by atoms with Crippen molar-refractivity contribution < 1.29 is 33.1 Å². The number of pyridine rings is 1. The van der Waals surface area contributed by atoms with Crippen molar-refractivity contribution >= 4 is 34.5 Å². The summed E-state index contributed by atoms with van der Waals surface area (Å²) in [6, 6.07) is 8.77. The Morgan fingerprint density at radius 2 is 1.93 bits per heavy atom. The van der Waals surface area contributed by atoms with Gasteiger partial charge in [-0.3, -0.25) is 10.0 Å². The van der Waals surface area contributed by atoms with Gasteiger partial charge in [0.1, 0.15) is 29.3 Å². The van der Waals surface area contributed by atoms with Crippen LogP contribution < -0.4 is 10.1 Å². The highest BCUT2D eigenvalue weighted by Gasteiger charge is 2.23. The molecule has 0 bridgehead atoms. The van der Waals surface area contributed by atoms with Gasteiger partial charge in [0.05, 0.1) is 35.7 Å². The van der Waals surface area contributed by atoms with E-state index in [4.69, 9.17) is 21.1 Å². The van der Waals surface area contributed by atoms with Crippen molar-refractivity contribution in [2.75, 3.05) is 6.54 Å². The number of fused-ring (bicyclic) bond motifs is 1. The van der Waals surface area contributed by atoms with Crippen LogP contribution in [0.1, 0.15) is 57.0 Å². The van der Waals surface area contributed by atoms with Crippen LogP contribution in [0.15, 0.2) is 48.8 Å². The number of halogens is 3. The van der Waals surface area contributed by atoms with Gasteiger partial charge in [0.2, 0.25) is 5.91 Å². The molecule has 0 unspecified atom stereocenters. The number of amides is 2. The van der Waals surface area contributed by atoms with E-state index < -0.39 is 35.3 Å².